The zero-order chi connectivity index (χ0) is 11.6. The third-order valence-electron chi connectivity index (χ3n) is 2.68. The van der Waals surface area contributed by atoms with Crippen LogP contribution in [0.4, 0.5) is 0 Å². The first kappa shape index (κ1) is 12.4. The highest BCUT2D eigenvalue weighted by Gasteiger charge is 2.32. The van der Waals surface area contributed by atoms with Gasteiger partial charge in [0.1, 0.15) is 0 Å². The van der Waals surface area contributed by atoms with E-state index in [0.29, 0.717) is 13.0 Å². The monoisotopic (exact) mass is 236 g/mol. The van der Waals surface area contributed by atoms with E-state index in [1.165, 1.54) is 4.31 Å². The topological polar surface area (TPSA) is 101 Å². The van der Waals surface area contributed by atoms with Crippen LogP contribution in [0.2, 0.25) is 0 Å². The number of hydrogen-bond donors (Lipinski definition) is 2. The number of carboxylic acid groups (broad SMARTS) is 1. The summed E-state index contributed by atoms with van der Waals surface area (Å²) < 4.78 is 24.2. The highest BCUT2D eigenvalue weighted by Crippen LogP contribution is 2.18. The predicted octanol–water partition coefficient (Wildman–Crippen LogP) is -0.930. The van der Waals surface area contributed by atoms with E-state index in [4.69, 9.17) is 10.8 Å². The largest absolute Gasteiger partial charge is 0.480 e. The molecule has 0 aromatic rings. The molecule has 0 saturated carbocycles. The summed E-state index contributed by atoms with van der Waals surface area (Å²) in [5.41, 5.74) is 5.74. The Balaban J connectivity index is 2.69. The van der Waals surface area contributed by atoms with Gasteiger partial charge in [0.15, 0.2) is 5.75 Å². The van der Waals surface area contributed by atoms with Crippen LogP contribution in [0.3, 0.4) is 0 Å². The number of sulfonamides is 1. The lowest BCUT2D eigenvalue weighted by Crippen LogP contribution is -2.50. The minimum Gasteiger partial charge on any atom is -0.480 e. The highest BCUT2D eigenvalue weighted by atomic mass is 32.2. The first-order valence-corrected chi connectivity index (χ1v) is 6.39. The molecule has 0 aliphatic carbocycles. The van der Waals surface area contributed by atoms with Crippen molar-refractivity contribution in [2.75, 3.05) is 18.8 Å². The molecule has 0 aromatic heterocycles. The number of piperidine rings is 1. The fourth-order valence-electron chi connectivity index (χ4n) is 1.57. The number of rotatable bonds is 3. The maximum Gasteiger partial charge on any atom is 0.320 e. The van der Waals surface area contributed by atoms with Crippen LogP contribution >= 0.6 is 0 Å². The van der Waals surface area contributed by atoms with E-state index in [-0.39, 0.29) is 18.5 Å². The second kappa shape index (κ2) is 4.46. The van der Waals surface area contributed by atoms with Crippen molar-refractivity contribution in [3.05, 3.63) is 0 Å². The summed E-state index contributed by atoms with van der Waals surface area (Å²) in [5, 5.41) is 8.46. The summed E-state index contributed by atoms with van der Waals surface area (Å²) in [6, 6.07) is -0.206. The van der Waals surface area contributed by atoms with Gasteiger partial charge in [-0.05, 0) is 12.3 Å². The molecule has 1 rings (SSSR count). The lowest BCUT2D eigenvalue weighted by molar-refractivity contribution is -0.134. The minimum atomic E-state index is -3.69. The molecule has 6 nitrogen and oxygen atoms in total. The highest BCUT2D eigenvalue weighted by molar-refractivity contribution is 7.89. The number of hydrogen-bond acceptors (Lipinski definition) is 4. The minimum absolute atomic E-state index is 0.206. The van der Waals surface area contributed by atoms with Crippen LogP contribution in [0.1, 0.15) is 13.3 Å². The van der Waals surface area contributed by atoms with Crippen LogP contribution in [0.25, 0.3) is 0 Å². The summed E-state index contributed by atoms with van der Waals surface area (Å²) in [6.45, 7) is 2.55. The molecule has 1 heterocycles. The Morgan fingerprint density at radius 1 is 1.60 bits per heavy atom. The third-order valence-corrected chi connectivity index (χ3v) is 4.41. The van der Waals surface area contributed by atoms with Crippen LogP contribution in [0.5, 0.6) is 0 Å². The molecule has 0 radical (unpaired) electrons. The Kier molecular flexibility index (Phi) is 3.69. The van der Waals surface area contributed by atoms with Gasteiger partial charge in [0, 0.05) is 19.1 Å². The molecule has 0 spiro atoms. The maximum atomic E-state index is 11.5. The summed E-state index contributed by atoms with van der Waals surface area (Å²) in [7, 11) is -3.69. The lowest BCUT2D eigenvalue weighted by atomic mass is 9.96. The molecule has 15 heavy (non-hydrogen) atoms. The average molecular weight is 236 g/mol. The van der Waals surface area contributed by atoms with Gasteiger partial charge in [-0.2, -0.15) is 4.31 Å². The molecule has 2 atom stereocenters. The van der Waals surface area contributed by atoms with Gasteiger partial charge in [0.05, 0.1) is 0 Å². The van der Waals surface area contributed by atoms with Crippen molar-refractivity contribution in [2.24, 2.45) is 11.7 Å². The van der Waals surface area contributed by atoms with Gasteiger partial charge >= 0.3 is 5.97 Å². The second-order valence-electron chi connectivity index (χ2n) is 3.94. The first-order valence-electron chi connectivity index (χ1n) is 4.78. The number of nitrogens with two attached hydrogens (primary N) is 1. The van der Waals surface area contributed by atoms with Crippen LogP contribution in [0, 0.1) is 5.92 Å². The van der Waals surface area contributed by atoms with Crippen LogP contribution in [-0.4, -0.2) is 48.7 Å². The van der Waals surface area contributed by atoms with E-state index in [1.54, 1.807) is 0 Å². The van der Waals surface area contributed by atoms with Gasteiger partial charge in [-0.25, -0.2) is 8.42 Å². The normalized spacial score (nSPS) is 28.9. The Bertz CT molecular complexity index is 341. The van der Waals surface area contributed by atoms with E-state index < -0.39 is 21.7 Å². The van der Waals surface area contributed by atoms with Gasteiger partial charge in [-0.1, -0.05) is 6.92 Å². The van der Waals surface area contributed by atoms with Crippen molar-refractivity contribution in [3.63, 3.8) is 0 Å². The molecule has 88 valence electrons. The van der Waals surface area contributed by atoms with Crippen molar-refractivity contribution in [1.29, 1.82) is 0 Å². The molecule has 1 fully saturated rings. The van der Waals surface area contributed by atoms with Crippen molar-refractivity contribution in [3.8, 4) is 0 Å². The number of carbonyl (C=O) groups is 1. The van der Waals surface area contributed by atoms with Crippen LogP contribution in [-0.2, 0) is 14.8 Å². The quantitative estimate of drug-likeness (QED) is 0.659. The van der Waals surface area contributed by atoms with E-state index in [1.807, 2.05) is 6.92 Å². The molecule has 2 unspecified atom stereocenters. The summed E-state index contributed by atoms with van der Waals surface area (Å²) in [6.07, 6.45) is 0.681. The molecule has 7 heteroatoms. The summed E-state index contributed by atoms with van der Waals surface area (Å²) >= 11 is 0. The zero-order valence-electron chi connectivity index (χ0n) is 8.59. The number of nitrogens with zero attached hydrogens (tertiary/aromatic N) is 1. The fraction of sp³-hybridized carbons (Fsp3) is 0.875. The first-order chi connectivity index (χ1) is 6.83. The van der Waals surface area contributed by atoms with Crippen LogP contribution < -0.4 is 5.73 Å². The Morgan fingerprint density at radius 3 is 2.67 bits per heavy atom. The van der Waals surface area contributed by atoms with Crippen LogP contribution in [0.15, 0.2) is 0 Å². The van der Waals surface area contributed by atoms with Crippen molar-refractivity contribution < 1.29 is 18.3 Å². The molecule has 1 aliphatic rings. The molecule has 0 aromatic carbocycles. The van der Waals surface area contributed by atoms with E-state index in [2.05, 4.69) is 0 Å². The standard InChI is InChI=1S/C8H16N2O4S/c1-6-2-3-10(4-7(6)9)15(13,14)5-8(11)12/h6-7H,2-5,9H2,1H3,(H,11,12). The van der Waals surface area contributed by atoms with Crippen molar-refractivity contribution in [2.45, 2.75) is 19.4 Å². The predicted molar refractivity (Wildman–Crippen MR) is 54.8 cm³/mol. The maximum absolute atomic E-state index is 11.5. The van der Waals surface area contributed by atoms with Gasteiger partial charge in [0.25, 0.3) is 0 Å². The van der Waals surface area contributed by atoms with Gasteiger partial charge < -0.3 is 10.8 Å². The van der Waals surface area contributed by atoms with Crippen molar-refractivity contribution in [1.82, 2.24) is 4.31 Å². The SMILES string of the molecule is CC1CCN(S(=O)(=O)CC(=O)O)CC1N. The molecule has 0 bridgehead atoms. The molecule has 3 N–H and O–H groups in total. The molecular weight excluding hydrogens is 220 g/mol. The smallest absolute Gasteiger partial charge is 0.320 e. The fourth-order valence-corrected chi connectivity index (χ4v) is 2.85. The molecule has 1 saturated heterocycles. The van der Waals surface area contributed by atoms with E-state index in [0.717, 1.165) is 0 Å². The van der Waals surface area contributed by atoms with E-state index >= 15 is 0 Å². The number of aliphatic carboxylic acids is 1. The molecule has 1 aliphatic heterocycles. The van der Waals surface area contributed by atoms with Gasteiger partial charge in [-0.15, -0.1) is 0 Å². The summed E-state index contributed by atoms with van der Waals surface area (Å²) in [4.78, 5) is 10.4. The lowest BCUT2D eigenvalue weighted by Gasteiger charge is -2.33. The third kappa shape index (κ3) is 3.15. The Hall–Kier alpha value is -0.660. The molecular formula is C8H16N2O4S. The van der Waals surface area contributed by atoms with Gasteiger partial charge in [-0.3, -0.25) is 4.79 Å². The second-order valence-corrected chi connectivity index (χ2v) is 5.91. The summed E-state index contributed by atoms with van der Waals surface area (Å²) in [5.74, 6) is -1.91. The Morgan fingerprint density at radius 2 is 2.20 bits per heavy atom. The zero-order valence-corrected chi connectivity index (χ0v) is 9.40. The van der Waals surface area contributed by atoms with Crippen molar-refractivity contribution >= 4 is 16.0 Å². The average Bonchev–Trinajstić information content (AvgIpc) is 2.07. The number of carboxylic acids is 1. The van der Waals surface area contributed by atoms with E-state index in [9.17, 15) is 13.2 Å². The van der Waals surface area contributed by atoms with Gasteiger partial charge in [0.2, 0.25) is 10.0 Å². The Labute approximate surface area is 89.1 Å². The molecule has 0 amide bonds.